The Morgan fingerprint density at radius 1 is 1.00 bits per heavy atom. The minimum atomic E-state index is 0.128. The molecule has 1 unspecified atom stereocenters. The van der Waals surface area contributed by atoms with Crippen LogP contribution in [0.1, 0.15) is 18.5 Å². The average Bonchev–Trinajstić information content (AvgIpc) is 2.59. The normalized spacial score (nSPS) is 11.8. The van der Waals surface area contributed by atoms with E-state index in [-0.39, 0.29) is 6.04 Å². The Morgan fingerprint density at radius 3 is 2.58 bits per heavy atom. The summed E-state index contributed by atoms with van der Waals surface area (Å²) in [6, 6.07) is 17.3. The van der Waals surface area contributed by atoms with E-state index in [2.05, 4.69) is 39.7 Å². The summed E-state index contributed by atoms with van der Waals surface area (Å²) >= 11 is 12.2. The van der Waals surface area contributed by atoms with Crippen molar-refractivity contribution < 1.29 is 0 Å². The second kappa shape index (κ2) is 7.51. The number of hydrogen-bond donors (Lipinski definition) is 2. The molecule has 0 aliphatic rings. The molecule has 2 aromatic carbocycles. The van der Waals surface area contributed by atoms with Gasteiger partial charge in [-0.2, -0.15) is 4.98 Å². The highest BCUT2D eigenvalue weighted by Gasteiger charge is 2.08. The lowest BCUT2D eigenvalue weighted by Crippen LogP contribution is -2.09. The van der Waals surface area contributed by atoms with Crippen molar-refractivity contribution in [3.8, 4) is 0 Å². The monoisotopic (exact) mass is 358 g/mol. The second-order valence-corrected chi connectivity index (χ2v) is 6.14. The highest BCUT2D eigenvalue weighted by atomic mass is 35.5. The van der Waals surface area contributed by atoms with Gasteiger partial charge in [0.15, 0.2) is 0 Å². The highest BCUT2D eigenvalue weighted by Crippen LogP contribution is 2.27. The Balaban J connectivity index is 1.76. The van der Waals surface area contributed by atoms with Gasteiger partial charge in [0.05, 0.1) is 10.7 Å². The zero-order valence-electron chi connectivity index (χ0n) is 13.0. The number of nitrogens with one attached hydrogen (secondary N) is 2. The molecular formula is C18H16Cl2N4. The largest absolute Gasteiger partial charge is 0.363 e. The number of rotatable bonds is 5. The fourth-order valence-electron chi connectivity index (χ4n) is 2.26. The number of hydrogen-bond acceptors (Lipinski definition) is 4. The Kier molecular flexibility index (Phi) is 5.18. The van der Waals surface area contributed by atoms with Gasteiger partial charge in [-0.05, 0) is 36.8 Å². The van der Waals surface area contributed by atoms with E-state index in [1.807, 2.05) is 24.3 Å². The smallest absolute Gasteiger partial charge is 0.229 e. The van der Waals surface area contributed by atoms with E-state index in [0.717, 1.165) is 5.82 Å². The zero-order valence-corrected chi connectivity index (χ0v) is 14.5. The minimum absolute atomic E-state index is 0.128. The number of benzene rings is 2. The maximum absolute atomic E-state index is 6.16. The average molecular weight is 359 g/mol. The van der Waals surface area contributed by atoms with Crippen molar-refractivity contribution in [3.05, 3.63) is 76.4 Å². The molecular weight excluding hydrogens is 343 g/mol. The Morgan fingerprint density at radius 2 is 1.79 bits per heavy atom. The summed E-state index contributed by atoms with van der Waals surface area (Å²) in [5, 5.41) is 7.59. The number of halogens is 2. The highest BCUT2D eigenvalue weighted by molar-refractivity contribution is 6.35. The fourth-order valence-corrected chi connectivity index (χ4v) is 2.60. The predicted octanol–water partition coefficient (Wildman–Crippen LogP) is 5.70. The van der Waals surface area contributed by atoms with Crippen molar-refractivity contribution in [3.63, 3.8) is 0 Å². The van der Waals surface area contributed by atoms with Crippen LogP contribution in [-0.4, -0.2) is 9.97 Å². The van der Waals surface area contributed by atoms with Gasteiger partial charge in [-0.1, -0.05) is 53.5 Å². The van der Waals surface area contributed by atoms with Gasteiger partial charge in [0.25, 0.3) is 0 Å². The third kappa shape index (κ3) is 4.16. The molecule has 0 bridgehead atoms. The van der Waals surface area contributed by atoms with Crippen molar-refractivity contribution in [2.45, 2.75) is 13.0 Å². The summed E-state index contributed by atoms with van der Waals surface area (Å²) < 4.78 is 0. The van der Waals surface area contributed by atoms with Crippen LogP contribution in [0.15, 0.2) is 60.8 Å². The number of nitrogens with zero attached hydrogens (tertiary/aromatic N) is 2. The van der Waals surface area contributed by atoms with E-state index in [0.29, 0.717) is 21.7 Å². The van der Waals surface area contributed by atoms with E-state index in [4.69, 9.17) is 23.2 Å². The maximum atomic E-state index is 6.16. The first-order chi connectivity index (χ1) is 11.6. The molecule has 2 N–H and O–H groups in total. The third-order valence-corrected chi connectivity index (χ3v) is 4.06. The molecule has 0 amide bonds. The number of anilines is 3. The summed E-state index contributed by atoms with van der Waals surface area (Å²) in [6.45, 7) is 2.08. The van der Waals surface area contributed by atoms with Crippen molar-refractivity contribution in [2.75, 3.05) is 10.6 Å². The molecule has 0 saturated carbocycles. The van der Waals surface area contributed by atoms with E-state index < -0.39 is 0 Å². The molecule has 0 saturated heterocycles. The molecule has 6 heteroatoms. The van der Waals surface area contributed by atoms with Crippen molar-refractivity contribution in [1.82, 2.24) is 9.97 Å². The van der Waals surface area contributed by atoms with E-state index >= 15 is 0 Å². The summed E-state index contributed by atoms with van der Waals surface area (Å²) in [5.74, 6) is 1.17. The van der Waals surface area contributed by atoms with Gasteiger partial charge in [0, 0.05) is 17.3 Å². The van der Waals surface area contributed by atoms with Crippen LogP contribution in [0.4, 0.5) is 17.5 Å². The van der Waals surface area contributed by atoms with Crippen LogP contribution in [0, 0.1) is 0 Å². The summed E-state index contributed by atoms with van der Waals surface area (Å²) in [4.78, 5) is 8.69. The molecule has 3 aromatic rings. The molecule has 1 atom stereocenters. The summed E-state index contributed by atoms with van der Waals surface area (Å²) in [7, 11) is 0. The second-order valence-electron chi connectivity index (χ2n) is 5.29. The lowest BCUT2D eigenvalue weighted by molar-refractivity contribution is 0.873. The third-order valence-electron chi connectivity index (χ3n) is 3.49. The quantitative estimate of drug-likeness (QED) is 0.614. The molecule has 0 aliphatic carbocycles. The molecule has 0 fully saturated rings. The van der Waals surface area contributed by atoms with Gasteiger partial charge in [-0.25, -0.2) is 4.98 Å². The lowest BCUT2D eigenvalue weighted by Gasteiger charge is -2.15. The maximum Gasteiger partial charge on any atom is 0.229 e. The molecule has 4 nitrogen and oxygen atoms in total. The van der Waals surface area contributed by atoms with Crippen LogP contribution < -0.4 is 10.6 Å². The first-order valence-corrected chi connectivity index (χ1v) is 8.24. The molecule has 122 valence electrons. The standard InChI is InChI=1S/C18H16Cl2N4/c1-12(13-5-3-2-4-6-13)22-17-9-10-21-18(24-17)23-16-11-14(19)7-8-15(16)20/h2-12H,1H3,(H2,21,22,23,24). The molecule has 3 rings (SSSR count). The minimum Gasteiger partial charge on any atom is -0.363 e. The SMILES string of the molecule is CC(Nc1ccnc(Nc2cc(Cl)ccc2Cl)n1)c1ccccc1. The fraction of sp³-hybridized carbons (Fsp3) is 0.111. The van der Waals surface area contributed by atoms with Gasteiger partial charge in [0.2, 0.25) is 5.95 Å². The molecule has 0 spiro atoms. The van der Waals surface area contributed by atoms with E-state index in [9.17, 15) is 0 Å². The van der Waals surface area contributed by atoms with Crippen LogP contribution in [0.5, 0.6) is 0 Å². The first kappa shape index (κ1) is 16.6. The van der Waals surface area contributed by atoms with Crippen molar-refractivity contribution in [1.29, 1.82) is 0 Å². The molecule has 1 aromatic heterocycles. The number of aromatic nitrogens is 2. The van der Waals surface area contributed by atoms with Crippen LogP contribution >= 0.6 is 23.2 Å². The van der Waals surface area contributed by atoms with Crippen LogP contribution in [-0.2, 0) is 0 Å². The molecule has 1 heterocycles. The van der Waals surface area contributed by atoms with Crippen LogP contribution in [0.3, 0.4) is 0 Å². The lowest BCUT2D eigenvalue weighted by atomic mass is 10.1. The predicted molar refractivity (Wildman–Crippen MR) is 100 cm³/mol. The Bertz CT molecular complexity index is 824. The first-order valence-electron chi connectivity index (χ1n) is 7.48. The zero-order chi connectivity index (χ0) is 16.9. The van der Waals surface area contributed by atoms with Gasteiger partial charge in [0.1, 0.15) is 5.82 Å². The van der Waals surface area contributed by atoms with Gasteiger partial charge in [-0.15, -0.1) is 0 Å². The topological polar surface area (TPSA) is 49.8 Å². The summed E-state index contributed by atoms with van der Waals surface area (Å²) in [6.07, 6.45) is 1.69. The van der Waals surface area contributed by atoms with Gasteiger partial charge in [-0.3, -0.25) is 0 Å². The molecule has 24 heavy (non-hydrogen) atoms. The van der Waals surface area contributed by atoms with E-state index in [1.165, 1.54) is 5.56 Å². The molecule has 0 radical (unpaired) electrons. The Hall–Kier alpha value is -2.30. The van der Waals surface area contributed by atoms with Gasteiger partial charge < -0.3 is 10.6 Å². The Labute approximate surface area is 150 Å². The van der Waals surface area contributed by atoms with Crippen LogP contribution in [0.2, 0.25) is 10.0 Å². The van der Waals surface area contributed by atoms with Crippen molar-refractivity contribution in [2.24, 2.45) is 0 Å². The van der Waals surface area contributed by atoms with Crippen LogP contribution in [0.25, 0.3) is 0 Å². The van der Waals surface area contributed by atoms with E-state index in [1.54, 1.807) is 24.4 Å². The summed E-state index contributed by atoms with van der Waals surface area (Å²) in [5.41, 5.74) is 1.85. The molecule has 0 aliphatic heterocycles. The van der Waals surface area contributed by atoms with Gasteiger partial charge >= 0.3 is 0 Å². The van der Waals surface area contributed by atoms with Crippen molar-refractivity contribution >= 4 is 40.7 Å².